The molecule has 2 aromatic carbocycles. The van der Waals surface area contributed by atoms with Gasteiger partial charge in [0.15, 0.2) is 0 Å². The van der Waals surface area contributed by atoms with Gasteiger partial charge >= 0.3 is 0 Å². The van der Waals surface area contributed by atoms with Crippen LogP contribution >= 0.6 is 0 Å². The van der Waals surface area contributed by atoms with Gasteiger partial charge in [0.1, 0.15) is 0 Å². The van der Waals surface area contributed by atoms with E-state index in [2.05, 4.69) is 17.0 Å². The molecular formula is C24H30N2O3S. The normalized spacial score (nSPS) is 22.9. The molecule has 160 valence electrons. The van der Waals surface area contributed by atoms with Crippen LogP contribution in [-0.4, -0.2) is 20.4 Å². The molecule has 0 bridgehead atoms. The molecule has 0 spiro atoms. The Balaban J connectivity index is 1.44. The third-order valence-electron chi connectivity index (χ3n) is 6.61. The summed E-state index contributed by atoms with van der Waals surface area (Å²) in [6.45, 7) is 4.05. The standard InChI is InChI=1S/C24H30N2O3S/c1-17-7-11-20(12-8-17)25-23(27)24(15-16-24)19-9-13-21(14-10-19)26-30(28,29)22-6-4-3-5-18(22)2/h3-6,9-10,13-14,17,20,26H,7-8,11-12,15-16H2,1-2H3,(H,25,27). The number of nitrogens with one attached hydrogen (secondary N) is 2. The maximum absolute atomic E-state index is 13.0. The van der Waals surface area contributed by atoms with Gasteiger partial charge in [-0.25, -0.2) is 8.42 Å². The molecule has 2 N–H and O–H groups in total. The molecule has 0 atom stereocenters. The lowest BCUT2D eigenvalue weighted by molar-refractivity contribution is -0.124. The molecule has 1 amide bonds. The molecule has 2 aliphatic rings. The average molecular weight is 427 g/mol. The number of amides is 1. The van der Waals surface area contributed by atoms with Crippen molar-refractivity contribution in [3.8, 4) is 0 Å². The van der Waals surface area contributed by atoms with Crippen molar-refractivity contribution in [2.75, 3.05) is 4.72 Å². The van der Waals surface area contributed by atoms with Gasteiger partial charge in [-0.05, 0) is 80.7 Å². The van der Waals surface area contributed by atoms with Crippen molar-refractivity contribution in [3.05, 3.63) is 59.7 Å². The van der Waals surface area contributed by atoms with E-state index in [0.717, 1.165) is 37.2 Å². The van der Waals surface area contributed by atoms with Gasteiger partial charge in [0.2, 0.25) is 5.91 Å². The van der Waals surface area contributed by atoms with Crippen molar-refractivity contribution in [2.45, 2.75) is 68.7 Å². The van der Waals surface area contributed by atoms with E-state index in [1.165, 1.54) is 12.8 Å². The first-order valence-electron chi connectivity index (χ1n) is 10.8. The van der Waals surface area contributed by atoms with Gasteiger partial charge in [0.25, 0.3) is 10.0 Å². The summed E-state index contributed by atoms with van der Waals surface area (Å²) in [6, 6.07) is 14.5. The first kappa shape index (κ1) is 20.9. The van der Waals surface area contributed by atoms with Crippen LogP contribution in [0.15, 0.2) is 53.4 Å². The SMILES string of the molecule is Cc1ccccc1S(=O)(=O)Nc1ccc(C2(C(=O)NC3CCC(C)CC3)CC2)cc1. The number of sulfonamides is 1. The number of hydrogen-bond acceptors (Lipinski definition) is 3. The van der Waals surface area contributed by atoms with Gasteiger partial charge in [0.05, 0.1) is 10.3 Å². The van der Waals surface area contributed by atoms with Gasteiger partial charge in [-0.15, -0.1) is 0 Å². The van der Waals surface area contributed by atoms with Crippen molar-refractivity contribution >= 4 is 21.6 Å². The fraction of sp³-hybridized carbons (Fsp3) is 0.458. The molecule has 0 aliphatic heterocycles. The lowest BCUT2D eigenvalue weighted by Crippen LogP contribution is -2.43. The second kappa shape index (κ2) is 8.06. The number of rotatable bonds is 6. The number of carbonyl (C=O) groups is 1. The Labute approximate surface area is 179 Å². The first-order chi connectivity index (χ1) is 14.3. The molecule has 2 aliphatic carbocycles. The average Bonchev–Trinajstić information content (AvgIpc) is 3.52. The largest absolute Gasteiger partial charge is 0.353 e. The highest BCUT2D eigenvalue weighted by Gasteiger charge is 2.51. The third-order valence-corrected chi connectivity index (χ3v) is 8.15. The summed E-state index contributed by atoms with van der Waals surface area (Å²) in [5.41, 5.74) is 1.71. The Kier molecular flexibility index (Phi) is 5.62. The van der Waals surface area contributed by atoms with Crippen molar-refractivity contribution in [2.24, 2.45) is 5.92 Å². The summed E-state index contributed by atoms with van der Waals surface area (Å²) in [6.07, 6.45) is 6.15. The Morgan fingerprint density at radius 3 is 2.20 bits per heavy atom. The number of anilines is 1. The summed E-state index contributed by atoms with van der Waals surface area (Å²) >= 11 is 0. The fourth-order valence-electron chi connectivity index (χ4n) is 4.43. The van der Waals surface area contributed by atoms with E-state index in [1.54, 1.807) is 37.3 Å². The van der Waals surface area contributed by atoms with Crippen LogP contribution < -0.4 is 10.0 Å². The molecular weight excluding hydrogens is 396 g/mol. The monoisotopic (exact) mass is 426 g/mol. The molecule has 0 unspecified atom stereocenters. The minimum Gasteiger partial charge on any atom is -0.353 e. The minimum absolute atomic E-state index is 0.121. The molecule has 0 heterocycles. The van der Waals surface area contributed by atoms with Crippen LogP contribution in [0.2, 0.25) is 0 Å². The zero-order valence-corrected chi connectivity index (χ0v) is 18.5. The van der Waals surface area contributed by atoms with Crippen LogP contribution in [0.4, 0.5) is 5.69 Å². The molecule has 2 aromatic rings. The van der Waals surface area contributed by atoms with Crippen LogP contribution in [0.5, 0.6) is 0 Å². The molecule has 0 radical (unpaired) electrons. The van der Waals surface area contributed by atoms with E-state index in [9.17, 15) is 13.2 Å². The molecule has 0 saturated heterocycles. The smallest absolute Gasteiger partial charge is 0.262 e. The number of carbonyl (C=O) groups excluding carboxylic acids is 1. The molecule has 0 aromatic heterocycles. The van der Waals surface area contributed by atoms with Crippen LogP contribution in [-0.2, 0) is 20.2 Å². The second-order valence-electron chi connectivity index (χ2n) is 8.96. The molecule has 2 saturated carbocycles. The van der Waals surface area contributed by atoms with E-state index >= 15 is 0 Å². The Bertz CT molecular complexity index is 1020. The quantitative estimate of drug-likeness (QED) is 0.713. The van der Waals surface area contributed by atoms with E-state index in [-0.39, 0.29) is 16.8 Å². The maximum atomic E-state index is 13.0. The van der Waals surface area contributed by atoms with Crippen LogP contribution in [0.3, 0.4) is 0 Å². The second-order valence-corrected chi connectivity index (χ2v) is 10.6. The Morgan fingerprint density at radius 1 is 0.967 bits per heavy atom. The highest BCUT2D eigenvalue weighted by molar-refractivity contribution is 7.92. The van der Waals surface area contributed by atoms with Gasteiger partial charge in [0, 0.05) is 11.7 Å². The Morgan fingerprint density at radius 2 is 1.60 bits per heavy atom. The van der Waals surface area contributed by atoms with Crippen LogP contribution in [0, 0.1) is 12.8 Å². The number of hydrogen-bond donors (Lipinski definition) is 2. The number of benzene rings is 2. The van der Waals surface area contributed by atoms with Crippen molar-refractivity contribution in [1.82, 2.24) is 5.32 Å². The summed E-state index contributed by atoms with van der Waals surface area (Å²) in [5.74, 6) is 0.874. The summed E-state index contributed by atoms with van der Waals surface area (Å²) in [5, 5.41) is 3.27. The van der Waals surface area contributed by atoms with Crippen molar-refractivity contribution < 1.29 is 13.2 Å². The zero-order valence-electron chi connectivity index (χ0n) is 17.6. The highest BCUT2D eigenvalue weighted by Crippen LogP contribution is 2.49. The van der Waals surface area contributed by atoms with Gasteiger partial charge in [-0.3, -0.25) is 9.52 Å². The molecule has 5 nitrogen and oxygen atoms in total. The van der Waals surface area contributed by atoms with Crippen molar-refractivity contribution in [3.63, 3.8) is 0 Å². The molecule has 2 fully saturated rings. The number of aryl methyl sites for hydroxylation is 1. The topological polar surface area (TPSA) is 75.3 Å². The maximum Gasteiger partial charge on any atom is 0.262 e. The van der Waals surface area contributed by atoms with Crippen LogP contribution in [0.25, 0.3) is 0 Å². The lowest BCUT2D eigenvalue weighted by Gasteiger charge is -2.28. The minimum atomic E-state index is -3.65. The van der Waals surface area contributed by atoms with Gasteiger partial charge < -0.3 is 5.32 Å². The molecule has 6 heteroatoms. The van der Waals surface area contributed by atoms with Gasteiger partial charge in [-0.1, -0.05) is 37.3 Å². The Hall–Kier alpha value is -2.34. The van der Waals surface area contributed by atoms with Gasteiger partial charge in [-0.2, -0.15) is 0 Å². The van der Waals surface area contributed by atoms with E-state index in [0.29, 0.717) is 11.3 Å². The highest BCUT2D eigenvalue weighted by atomic mass is 32.2. The van der Waals surface area contributed by atoms with E-state index in [4.69, 9.17) is 0 Å². The summed E-state index contributed by atoms with van der Waals surface area (Å²) in [4.78, 5) is 13.3. The fourth-order valence-corrected chi connectivity index (χ4v) is 5.73. The lowest BCUT2D eigenvalue weighted by atomic mass is 9.86. The molecule has 30 heavy (non-hydrogen) atoms. The zero-order chi connectivity index (χ0) is 21.4. The van der Waals surface area contributed by atoms with E-state index < -0.39 is 15.4 Å². The molecule has 4 rings (SSSR count). The third kappa shape index (κ3) is 4.24. The predicted molar refractivity (Wildman–Crippen MR) is 119 cm³/mol. The predicted octanol–water partition coefficient (Wildman–Crippen LogP) is 4.52. The summed E-state index contributed by atoms with van der Waals surface area (Å²) < 4.78 is 28.0. The first-order valence-corrected chi connectivity index (χ1v) is 12.3. The summed E-state index contributed by atoms with van der Waals surface area (Å²) in [7, 11) is -3.65. The van der Waals surface area contributed by atoms with E-state index in [1.807, 2.05) is 18.2 Å². The van der Waals surface area contributed by atoms with Crippen molar-refractivity contribution in [1.29, 1.82) is 0 Å². The van der Waals surface area contributed by atoms with Crippen LogP contribution in [0.1, 0.15) is 56.6 Å².